The molecule has 0 amide bonds. The van der Waals surface area contributed by atoms with E-state index in [4.69, 9.17) is 4.74 Å². The number of ether oxygens (including phenoxy) is 1. The zero-order valence-electron chi connectivity index (χ0n) is 12.5. The zero-order valence-corrected chi connectivity index (χ0v) is 12.5. The van der Waals surface area contributed by atoms with Crippen LogP contribution in [-0.4, -0.2) is 20.2 Å². The molecule has 1 N–H and O–H groups in total. The summed E-state index contributed by atoms with van der Waals surface area (Å²) in [6, 6.07) is 8.53. The number of aryl methyl sites for hydroxylation is 1. The minimum Gasteiger partial charge on any atom is -0.497 e. The van der Waals surface area contributed by atoms with Crippen molar-refractivity contribution < 1.29 is 4.74 Å². The highest BCUT2D eigenvalue weighted by Crippen LogP contribution is 2.39. The van der Waals surface area contributed by atoms with Crippen LogP contribution in [0.3, 0.4) is 0 Å². The normalized spacial score (nSPS) is 27.2. The summed E-state index contributed by atoms with van der Waals surface area (Å²) in [6.07, 6.45) is 5.06. The highest BCUT2D eigenvalue weighted by atomic mass is 16.5. The molecule has 0 aliphatic carbocycles. The van der Waals surface area contributed by atoms with Crippen molar-refractivity contribution in [1.29, 1.82) is 0 Å². The second-order valence-corrected chi connectivity index (χ2v) is 6.06. The van der Waals surface area contributed by atoms with Gasteiger partial charge in [0.15, 0.2) is 0 Å². The van der Waals surface area contributed by atoms with Gasteiger partial charge in [0.25, 0.3) is 0 Å². The Morgan fingerprint density at radius 3 is 2.68 bits per heavy atom. The number of nitrogens with one attached hydrogen (secondary N) is 1. The molecule has 0 aromatic heterocycles. The quantitative estimate of drug-likeness (QED) is 0.873. The number of rotatable bonds is 5. The van der Waals surface area contributed by atoms with Gasteiger partial charge in [0.2, 0.25) is 0 Å². The Bertz CT molecular complexity index is 387. The Hall–Kier alpha value is -1.02. The summed E-state index contributed by atoms with van der Waals surface area (Å²) in [5.41, 5.74) is 1.93. The van der Waals surface area contributed by atoms with Crippen molar-refractivity contribution in [2.75, 3.05) is 20.2 Å². The van der Waals surface area contributed by atoms with Crippen molar-refractivity contribution >= 4 is 0 Å². The standard InChI is InChI=1S/C17H27NO/c1-4-15-13-18-12-11-17(15,2)10-9-14-5-7-16(19-3)8-6-14/h5-8,15,18H,4,9-13H2,1-3H3. The molecule has 0 spiro atoms. The van der Waals surface area contributed by atoms with E-state index in [0.29, 0.717) is 5.41 Å². The average Bonchev–Trinajstić information content (AvgIpc) is 2.46. The van der Waals surface area contributed by atoms with E-state index >= 15 is 0 Å². The summed E-state index contributed by atoms with van der Waals surface area (Å²) in [5, 5.41) is 3.54. The lowest BCUT2D eigenvalue weighted by atomic mass is 9.68. The molecule has 1 aliphatic rings. The summed E-state index contributed by atoms with van der Waals surface area (Å²) < 4.78 is 5.21. The molecule has 1 heterocycles. The Morgan fingerprint density at radius 2 is 2.05 bits per heavy atom. The maximum absolute atomic E-state index is 5.21. The van der Waals surface area contributed by atoms with Crippen LogP contribution < -0.4 is 10.1 Å². The second kappa shape index (κ2) is 6.42. The molecular weight excluding hydrogens is 234 g/mol. The van der Waals surface area contributed by atoms with E-state index in [1.54, 1.807) is 7.11 Å². The number of methoxy groups -OCH3 is 1. The van der Waals surface area contributed by atoms with Gasteiger partial charge >= 0.3 is 0 Å². The summed E-state index contributed by atoms with van der Waals surface area (Å²) in [5.74, 6) is 1.77. The maximum atomic E-state index is 5.21. The number of hydrogen-bond acceptors (Lipinski definition) is 2. The lowest BCUT2D eigenvalue weighted by Gasteiger charge is -2.42. The summed E-state index contributed by atoms with van der Waals surface area (Å²) in [7, 11) is 1.72. The third-order valence-electron chi connectivity index (χ3n) is 4.89. The van der Waals surface area contributed by atoms with Gasteiger partial charge in [-0.05, 0) is 61.4 Å². The fourth-order valence-electron chi connectivity index (χ4n) is 3.29. The van der Waals surface area contributed by atoms with E-state index in [9.17, 15) is 0 Å². The molecule has 1 aliphatic heterocycles. The van der Waals surface area contributed by atoms with Gasteiger partial charge in [-0.1, -0.05) is 32.4 Å². The summed E-state index contributed by atoms with van der Waals surface area (Å²) in [4.78, 5) is 0. The first-order valence-corrected chi connectivity index (χ1v) is 7.51. The highest BCUT2D eigenvalue weighted by Gasteiger charge is 2.34. The largest absolute Gasteiger partial charge is 0.497 e. The lowest BCUT2D eigenvalue weighted by Crippen LogP contribution is -2.43. The molecule has 0 bridgehead atoms. The highest BCUT2D eigenvalue weighted by molar-refractivity contribution is 5.27. The van der Waals surface area contributed by atoms with Gasteiger partial charge in [-0.2, -0.15) is 0 Å². The minimum absolute atomic E-state index is 0.500. The molecule has 1 aromatic carbocycles. The molecule has 2 unspecified atom stereocenters. The smallest absolute Gasteiger partial charge is 0.118 e. The van der Waals surface area contributed by atoms with Gasteiger partial charge < -0.3 is 10.1 Å². The van der Waals surface area contributed by atoms with Gasteiger partial charge in [-0.3, -0.25) is 0 Å². The molecule has 2 nitrogen and oxygen atoms in total. The molecule has 1 saturated heterocycles. The van der Waals surface area contributed by atoms with E-state index in [0.717, 1.165) is 11.7 Å². The fraction of sp³-hybridized carbons (Fsp3) is 0.647. The van der Waals surface area contributed by atoms with E-state index in [1.165, 1.54) is 44.3 Å². The molecule has 106 valence electrons. The number of hydrogen-bond donors (Lipinski definition) is 1. The predicted octanol–water partition coefficient (Wildman–Crippen LogP) is 3.65. The van der Waals surface area contributed by atoms with Gasteiger partial charge in [-0.15, -0.1) is 0 Å². The van der Waals surface area contributed by atoms with Gasteiger partial charge in [0, 0.05) is 0 Å². The van der Waals surface area contributed by atoms with Crippen LogP contribution in [0.25, 0.3) is 0 Å². The number of benzene rings is 1. The average molecular weight is 261 g/mol. The van der Waals surface area contributed by atoms with Crippen molar-refractivity contribution in [3.05, 3.63) is 29.8 Å². The Balaban J connectivity index is 1.95. The van der Waals surface area contributed by atoms with Gasteiger partial charge in [0.1, 0.15) is 5.75 Å². The maximum Gasteiger partial charge on any atom is 0.118 e. The fourth-order valence-corrected chi connectivity index (χ4v) is 3.29. The molecule has 0 radical (unpaired) electrons. The van der Waals surface area contributed by atoms with E-state index in [1.807, 2.05) is 0 Å². The monoisotopic (exact) mass is 261 g/mol. The summed E-state index contributed by atoms with van der Waals surface area (Å²) in [6.45, 7) is 7.17. The van der Waals surface area contributed by atoms with Crippen LogP contribution in [0.1, 0.15) is 38.7 Å². The molecule has 19 heavy (non-hydrogen) atoms. The van der Waals surface area contributed by atoms with Crippen LogP contribution in [0.2, 0.25) is 0 Å². The molecular formula is C17H27NO. The molecule has 2 atom stereocenters. The Labute approximate surface area is 117 Å². The third kappa shape index (κ3) is 3.50. The second-order valence-electron chi connectivity index (χ2n) is 6.06. The minimum atomic E-state index is 0.500. The van der Waals surface area contributed by atoms with Crippen molar-refractivity contribution in [1.82, 2.24) is 5.32 Å². The van der Waals surface area contributed by atoms with Crippen molar-refractivity contribution in [2.45, 2.75) is 39.5 Å². The van der Waals surface area contributed by atoms with Crippen LogP contribution in [0.5, 0.6) is 5.75 Å². The van der Waals surface area contributed by atoms with Crippen LogP contribution in [0, 0.1) is 11.3 Å². The SMILES string of the molecule is CCC1CNCCC1(C)CCc1ccc(OC)cc1. The van der Waals surface area contributed by atoms with Crippen LogP contribution in [0.4, 0.5) is 0 Å². The molecule has 1 fully saturated rings. The van der Waals surface area contributed by atoms with E-state index in [-0.39, 0.29) is 0 Å². The molecule has 2 heteroatoms. The van der Waals surface area contributed by atoms with Crippen molar-refractivity contribution in [3.63, 3.8) is 0 Å². The molecule has 2 rings (SSSR count). The number of piperidine rings is 1. The Kier molecular flexibility index (Phi) is 4.87. The van der Waals surface area contributed by atoms with Crippen molar-refractivity contribution in [2.24, 2.45) is 11.3 Å². The van der Waals surface area contributed by atoms with Crippen molar-refractivity contribution in [3.8, 4) is 5.75 Å². The third-order valence-corrected chi connectivity index (χ3v) is 4.89. The van der Waals surface area contributed by atoms with Gasteiger partial charge in [-0.25, -0.2) is 0 Å². The lowest BCUT2D eigenvalue weighted by molar-refractivity contribution is 0.114. The zero-order chi connectivity index (χ0) is 13.7. The first-order valence-electron chi connectivity index (χ1n) is 7.51. The van der Waals surface area contributed by atoms with Crippen LogP contribution >= 0.6 is 0 Å². The van der Waals surface area contributed by atoms with E-state index < -0.39 is 0 Å². The first-order chi connectivity index (χ1) is 9.18. The Morgan fingerprint density at radius 1 is 1.32 bits per heavy atom. The van der Waals surface area contributed by atoms with Gasteiger partial charge in [0.05, 0.1) is 7.11 Å². The molecule has 0 saturated carbocycles. The predicted molar refractivity (Wildman–Crippen MR) is 80.7 cm³/mol. The van der Waals surface area contributed by atoms with Crippen LogP contribution in [0.15, 0.2) is 24.3 Å². The van der Waals surface area contributed by atoms with Crippen LogP contribution in [-0.2, 0) is 6.42 Å². The topological polar surface area (TPSA) is 21.3 Å². The molecule has 1 aromatic rings. The summed E-state index contributed by atoms with van der Waals surface area (Å²) >= 11 is 0. The van der Waals surface area contributed by atoms with E-state index in [2.05, 4.69) is 43.4 Å². The first kappa shape index (κ1) is 14.4.